The maximum atomic E-state index is 8.96. The molecule has 28 aromatic rings. The molecular weight excluding hydrogens is 849 g/mol. The van der Waals surface area contributed by atoms with Gasteiger partial charge in [0, 0.05) is 30.1 Å². The second-order valence-corrected chi connectivity index (χ2v) is 26.4. The van der Waals surface area contributed by atoms with Crippen molar-refractivity contribution in [2.75, 3.05) is 6.61 Å². The summed E-state index contributed by atoms with van der Waals surface area (Å²) in [5, 5.41) is 89.1. The molecule has 0 unspecified atom stereocenters. The highest BCUT2D eigenvalue weighted by Crippen LogP contribution is 2.88. The van der Waals surface area contributed by atoms with E-state index in [0.717, 1.165) is 12.8 Å². The van der Waals surface area contributed by atoms with Crippen LogP contribution in [0.5, 0.6) is 0 Å². The molecule has 298 valence electrons. The molecule has 0 aromatic heterocycles. The van der Waals surface area contributed by atoms with Crippen LogP contribution in [0.25, 0.3) is 291 Å². The third-order valence-electron chi connectivity index (χ3n) is 26.3. The lowest BCUT2D eigenvalue weighted by molar-refractivity contribution is -0.269. The van der Waals surface area contributed by atoms with Crippen molar-refractivity contribution in [1.29, 1.82) is 0 Å². The summed E-state index contributed by atoms with van der Waals surface area (Å²) in [5.41, 5.74) is 5.58. The first kappa shape index (κ1) is 26.4. The fourth-order valence-electron chi connectivity index (χ4n) is 26.5. The van der Waals surface area contributed by atoms with Gasteiger partial charge in [-0.2, -0.15) is 0 Å². The van der Waals surface area contributed by atoms with E-state index in [4.69, 9.17) is 9.47 Å². The average Bonchev–Trinajstić information content (AvgIpc) is 4.39. The molecule has 2 spiro atoms. The summed E-state index contributed by atoms with van der Waals surface area (Å²) < 4.78 is 16.6. The van der Waals surface area contributed by atoms with Crippen molar-refractivity contribution in [3.05, 3.63) is 22.3 Å². The van der Waals surface area contributed by atoms with Gasteiger partial charge in [-0.05, 0) is 322 Å². The SMILES string of the molecule is CCO[C@]12CCCC[C@@H]1C13c4c5c6c7c8c9c(c%10c%11c1c1c4c4c%12c5c5c6c6c8c8c%13c9c9c%10c%10c%11c%11c1c1c4c4c%12c%12c5c5c6c8c6c8c%13c9c9c%10c%10c%11c1c1c4c4c%12c5c6c5c8c9c%10c1c45)C73O2. The Bertz CT molecular complexity index is 7000. The van der Waals surface area contributed by atoms with Gasteiger partial charge in [-0.1, -0.05) is 6.42 Å². The van der Waals surface area contributed by atoms with Gasteiger partial charge in [0.05, 0.1) is 5.41 Å². The normalized spacial score (nSPS) is 26.8. The standard InChI is InChI=1S/C68H14O2/c1-2-69-66-6-4-3-5-7(66)67-62-54-46-36-26-18-10-8-9-12-16-14(10)22-30-24(16)34-28-20(12)21-13(9)17-15-11(8)19(18)27-33-23(15)31-25(17)35-29(21)39-38(28)50-44(34)52-42(30)48(40(46)32(22)26)56(62)58(52)64-60(50)61-51(39)45(35)53-43(31)49-41(33)47(37(27)36)55(54)63(67)57(49)59(53)65(61)68(64,67)70-66/h7H,2-6H2,1H3/t7-,66-,67?,68?/m0/s1. The highest BCUT2D eigenvalue weighted by molar-refractivity contribution is 6.82. The van der Waals surface area contributed by atoms with Crippen LogP contribution in [0.4, 0.5) is 0 Å². The maximum absolute atomic E-state index is 8.96. The molecule has 2 heteroatoms. The molecule has 0 radical (unpaired) electrons. The van der Waals surface area contributed by atoms with Crippen LogP contribution in [0, 0.1) is 5.92 Å². The second-order valence-electron chi connectivity index (χ2n) is 26.4. The molecule has 0 N–H and O–H groups in total. The van der Waals surface area contributed by atoms with E-state index in [1.54, 1.807) is 313 Å². The summed E-state index contributed by atoms with van der Waals surface area (Å²) in [5.74, 6) is -0.453. The summed E-state index contributed by atoms with van der Waals surface area (Å²) in [4.78, 5) is 0. The quantitative estimate of drug-likeness (QED) is 0.161. The predicted octanol–water partition coefficient (Wildman–Crippen LogP) is 18.2. The largest absolute Gasteiger partial charge is 0.350 e. The van der Waals surface area contributed by atoms with Crippen LogP contribution in [0.1, 0.15) is 54.9 Å². The molecule has 0 amide bonds. The molecule has 2 fully saturated rings. The zero-order chi connectivity index (χ0) is 41.5. The van der Waals surface area contributed by atoms with E-state index in [1.807, 2.05) is 0 Å². The molecule has 5 aliphatic carbocycles. The van der Waals surface area contributed by atoms with Crippen LogP contribution in [0.3, 0.4) is 0 Å². The van der Waals surface area contributed by atoms with E-state index < -0.39 is 16.8 Å². The molecule has 1 heterocycles. The van der Waals surface area contributed by atoms with Gasteiger partial charge >= 0.3 is 0 Å². The summed E-state index contributed by atoms with van der Waals surface area (Å²) >= 11 is 0. The highest BCUT2D eigenvalue weighted by atomic mass is 16.7. The van der Waals surface area contributed by atoms with E-state index >= 15 is 0 Å². The number of ether oxygens (including phenoxy) is 2. The van der Waals surface area contributed by atoms with Crippen molar-refractivity contribution in [1.82, 2.24) is 0 Å². The zero-order valence-electron chi connectivity index (χ0n) is 36.4. The van der Waals surface area contributed by atoms with Crippen LogP contribution in [-0.4, -0.2) is 12.4 Å². The second kappa shape index (κ2) is 5.92. The molecule has 0 bridgehead atoms. The average molecular weight is 863 g/mol. The molecule has 1 aliphatic heterocycles. The smallest absolute Gasteiger partial charge is 0.174 e. The Balaban J connectivity index is 1.19. The first-order chi connectivity index (χ1) is 34.8. The molecule has 6 aliphatic rings. The Kier molecular flexibility index (Phi) is 2.23. The van der Waals surface area contributed by atoms with Crippen molar-refractivity contribution >= 4 is 291 Å². The third-order valence-corrected chi connectivity index (χ3v) is 26.3. The van der Waals surface area contributed by atoms with Gasteiger partial charge < -0.3 is 9.47 Å². The molecule has 1 saturated heterocycles. The van der Waals surface area contributed by atoms with Crippen LogP contribution < -0.4 is 0 Å². The maximum Gasteiger partial charge on any atom is 0.174 e. The summed E-state index contributed by atoms with van der Waals surface area (Å²) in [6, 6.07) is 0. The van der Waals surface area contributed by atoms with Gasteiger partial charge in [0.15, 0.2) is 5.79 Å². The van der Waals surface area contributed by atoms with Crippen LogP contribution in [-0.2, 0) is 20.5 Å². The van der Waals surface area contributed by atoms with Crippen molar-refractivity contribution in [3.8, 4) is 0 Å². The minimum absolute atomic E-state index is 0.212. The van der Waals surface area contributed by atoms with Gasteiger partial charge in [0.25, 0.3) is 0 Å². The van der Waals surface area contributed by atoms with Crippen molar-refractivity contribution in [2.24, 2.45) is 5.92 Å². The minimum Gasteiger partial charge on any atom is -0.350 e. The Hall–Kier alpha value is -7.62. The molecule has 34 rings (SSSR count). The molecule has 28 aromatic carbocycles. The lowest BCUT2D eigenvalue weighted by Gasteiger charge is -2.51. The molecule has 2 nitrogen and oxygen atoms in total. The Morgan fingerprint density at radius 2 is 0.514 bits per heavy atom. The molecule has 2 atom stereocenters. The van der Waals surface area contributed by atoms with Crippen molar-refractivity contribution < 1.29 is 9.47 Å². The van der Waals surface area contributed by atoms with Gasteiger partial charge in [0.1, 0.15) is 5.60 Å². The number of rotatable bonds is 2. The molecular formula is C68H14O2. The highest BCUT2D eigenvalue weighted by Gasteiger charge is 2.81. The minimum atomic E-state index is -0.678. The van der Waals surface area contributed by atoms with Crippen molar-refractivity contribution in [2.45, 2.75) is 49.4 Å². The van der Waals surface area contributed by atoms with E-state index in [-0.39, 0.29) is 5.92 Å². The third kappa shape index (κ3) is 1.36. The molecule has 1 saturated carbocycles. The van der Waals surface area contributed by atoms with Gasteiger partial charge in [-0.15, -0.1) is 0 Å². The fourth-order valence-corrected chi connectivity index (χ4v) is 26.5. The van der Waals surface area contributed by atoms with Gasteiger partial charge in [0.2, 0.25) is 0 Å². The van der Waals surface area contributed by atoms with Crippen LogP contribution >= 0.6 is 0 Å². The van der Waals surface area contributed by atoms with Crippen molar-refractivity contribution in [3.63, 3.8) is 0 Å². The monoisotopic (exact) mass is 862 g/mol. The first-order valence-electron chi connectivity index (χ1n) is 26.9. The number of fused-ring (bicyclic) bond motifs is 1. The van der Waals surface area contributed by atoms with E-state index in [0.29, 0.717) is 6.61 Å². The Labute approximate surface area is 382 Å². The molecule has 70 heavy (non-hydrogen) atoms. The lowest BCUT2D eigenvalue weighted by atomic mass is 9.49. The summed E-state index contributed by atoms with van der Waals surface area (Å²) in [7, 11) is 0. The zero-order valence-corrected chi connectivity index (χ0v) is 36.4. The van der Waals surface area contributed by atoms with Gasteiger partial charge in [-0.25, -0.2) is 0 Å². The number of benzene rings is 18. The van der Waals surface area contributed by atoms with Crippen LogP contribution in [0.15, 0.2) is 0 Å². The van der Waals surface area contributed by atoms with E-state index in [9.17, 15) is 0 Å². The van der Waals surface area contributed by atoms with Crippen LogP contribution in [0.2, 0.25) is 0 Å². The predicted molar refractivity (Wildman–Crippen MR) is 291 cm³/mol. The summed E-state index contributed by atoms with van der Waals surface area (Å²) in [6.07, 6.45) is 4.55. The number of hydrogen-bond acceptors (Lipinski definition) is 2. The first-order valence-corrected chi connectivity index (χ1v) is 26.9. The van der Waals surface area contributed by atoms with E-state index in [2.05, 4.69) is 6.92 Å². The Morgan fingerprint density at radius 3 is 0.743 bits per heavy atom. The van der Waals surface area contributed by atoms with Gasteiger partial charge in [-0.3, -0.25) is 0 Å². The lowest BCUT2D eigenvalue weighted by Crippen LogP contribution is -2.53. The topological polar surface area (TPSA) is 18.5 Å². The number of hydrogen-bond donors (Lipinski definition) is 0. The summed E-state index contributed by atoms with van der Waals surface area (Å²) in [6.45, 7) is 2.95. The van der Waals surface area contributed by atoms with E-state index in [1.165, 1.54) is 12.8 Å². The Morgan fingerprint density at radius 1 is 0.300 bits per heavy atom. The fraction of sp³-hybridized carbons (Fsp3) is 0.147.